The summed E-state index contributed by atoms with van der Waals surface area (Å²) >= 11 is 0.757. The van der Waals surface area contributed by atoms with Crippen LogP contribution in [0.15, 0.2) is 30.3 Å². The molecule has 0 fully saturated rings. The van der Waals surface area contributed by atoms with Crippen molar-refractivity contribution in [3.8, 4) is 0 Å². The van der Waals surface area contributed by atoms with Crippen LogP contribution in [0.25, 0.3) is 0 Å². The summed E-state index contributed by atoms with van der Waals surface area (Å²) < 4.78 is 0. The van der Waals surface area contributed by atoms with Crippen molar-refractivity contribution in [3.05, 3.63) is 35.9 Å². The van der Waals surface area contributed by atoms with Gasteiger partial charge in [-0.25, -0.2) is 0 Å². The van der Waals surface area contributed by atoms with Crippen molar-refractivity contribution in [1.29, 1.82) is 0 Å². The molecule has 1 unspecified atom stereocenters. The van der Waals surface area contributed by atoms with Gasteiger partial charge in [-0.2, -0.15) is 0 Å². The quantitative estimate of drug-likeness (QED) is 0.767. The van der Waals surface area contributed by atoms with Gasteiger partial charge in [0, 0.05) is 6.04 Å². The third kappa shape index (κ3) is 5.87. The predicted octanol–water partition coefficient (Wildman–Crippen LogP) is 3.08. The minimum atomic E-state index is 0.159. The molecular weight excluding hydrogens is 245 g/mol. The summed E-state index contributed by atoms with van der Waals surface area (Å²) in [5.41, 5.74) is 6.81. The Morgan fingerprint density at radius 3 is 1.92 bits per heavy atom. The Labute approximate surface area is 87.8 Å². The van der Waals surface area contributed by atoms with Crippen LogP contribution in [-0.2, 0) is 13.1 Å². The Balaban J connectivity index is 0.000000354. The maximum absolute atomic E-state index is 5.61. The van der Waals surface area contributed by atoms with Gasteiger partial charge in [-0.1, -0.05) is 30.3 Å². The molecule has 0 radical (unpaired) electrons. The van der Waals surface area contributed by atoms with E-state index in [9.17, 15) is 0 Å². The fraction of sp³-hybridized carbons (Fsp3) is 0.250. The summed E-state index contributed by atoms with van der Waals surface area (Å²) in [6.07, 6.45) is 0. The van der Waals surface area contributed by atoms with Gasteiger partial charge in [0.15, 0.2) is 0 Å². The van der Waals surface area contributed by atoms with Gasteiger partial charge < -0.3 is 5.73 Å². The Kier molecular flexibility index (Phi) is 8.09. The van der Waals surface area contributed by atoms with E-state index in [1.165, 1.54) is 5.56 Å². The zero-order chi connectivity index (χ0) is 9.40. The summed E-state index contributed by atoms with van der Waals surface area (Å²) in [6, 6.07) is 10.2. The normalized spacial score (nSPS) is 11.7. The van der Waals surface area contributed by atoms with Crippen molar-refractivity contribution in [3.63, 3.8) is 0 Å². The molecule has 0 aromatic heterocycles. The van der Waals surface area contributed by atoms with Gasteiger partial charge in [0.1, 0.15) is 0 Å². The standard InChI is InChI=1S/C8H11N.2ClH.Cu/c1-7(9)8-5-3-2-4-6-8;;;/h2-7H,9H2,1H3;2*1H;/q;;;+2/p-2. The topological polar surface area (TPSA) is 26.0 Å². The third-order valence-electron chi connectivity index (χ3n) is 1.33. The first-order valence-corrected chi connectivity index (χ1v) is 5.93. The van der Waals surface area contributed by atoms with E-state index in [2.05, 4.69) is 20.2 Å². The molecule has 0 saturated carbocycles. The van der Waals surface area contributed by atoms with Crippen LogP contribution in [-0.4, -0.2) is 0 Å². The molecule has 4 heteroatoms. The summed E-state index contributed by atoms with van der Waals surface area (Å²) in [7, 11) is 9.34. The fourth-order valence-electron chi connectivity index (χ4n) is 0.757. The summed E-state index contributed by atoms with van der Waals surface area (Å²) in [5.74, 6) is 0. The molecule has 1 aromatic carbocycles. The molecule has 1 atom stereocenters. The number of halogens is 2. The van der Waals surface area contributed by atoms with E-state index < -0.39 is 0 Å². The summed E-state index contributed by atoms with van der Waals surface area (Å²) in [6.45, 7) is 1.98. The first kappa shape index (κ1) is 12.3. The average Bonchev–Trinajstić information content (AvgIpc) is 2.07. The molecule has 2 N–H and O–H groups in total. The number of nitrogens with two attached hydrogens (primary N) is 1. The molecule has 0 amide bonds. The van der Waals surface area contributed by atoms with Crippen molar-refractivity contribution in [2.75, 3.05) is 0 Å². The van der Waals surface area contributed by atoms with Gasteiger partial charge in [-0.05, 0) is 12.5 Å². The van der Waals surface area contributed by atoms with Gasteiger partial charge in [-0.15, -0.1) is 0 Å². The molecule has 0 bridgehead atoms. The molecular formula is C8H11Cl2CuN. The maximum atomic E-state index is 5.61. The van der Waals surface area contributed by atoms with Crippen LogP contribution >= 0.6 is 20.2 Å². The molecule has 73 valence electrons. The van der Waals surface area contributed by atoms with E-state index in [-0.39, 0.29) is 6.04 Å². The van der Waals surface area contributed by atoms with Gasteiger partial charge in [0.05, 0.1) is 0 Å². The van der Waals surface area contributed by atoms with Crippen molar-refractivity contribution in [2.45, 2.75) is 13.0 Å². The monoisotopic (exact) mass is 254 g/mol. The Morgan fingerprint density at radius 2 is 1.67 bits per heavy atom. The Bertz CT molecular complexity index is 192. The zero-order valence-corrected chi connectivity index (χ0v) is 9.05. The van der Waals surface area contributed by atoms with E-state index in [1.807, 2.05) is 37.3 Å². The molecule has 0 aliphatic carbocycles. The van der Waals surface area contributed by atoms with Gasteiger partial charge in [-0.3, -0.25) is 0 Å². The molecule has 12 heavy (non-hydrogen) atoms. The molecule has 0 aliphatic rings. The number of rotatable bonds is 1. The van der Waals surface area contributed by atoms with Crippen molar-refractivity contribution < 1.29 is 13.1 Å². The second-order valence-electron chi connectivity index (χ2n) is 2.24. The Morgan fingerprint density at radius 1 is 1.25 bits per heavy atom. The molecule has 1 nitrogen and oxygen atoms in total. The molecule has 0 saturated heterocycles. The zero-order valence-electron chi connectivity index (χ0n) is 6.60. The number of benzene rings is 1. The summed E-state index contributed by atoms with van der Waals surface area (Å²) in [5, 5.41) is 0. The van der Waals surface area contributed by atoms with E-state index >= 15 is 0 Å². The second-order valence-corrected chi connectivity index (χ2v) is 3.80. The molecule has 0 spiro atoms. The van der Waals surface area contributed by atoms with Crippen molar-refractivity contribution in [1.82, 2.24) is 0 Å². The van der Waals surface area contributed by atoms with Crippen LogP contribution in [0, 0.1) is 0 Å². The number of hydrogen-bond donors (Lipinski definition) is 1. The van der Waals surface area contributed by atoms with E-state index in [4.69, 9.17) is 5.73 Å². The van der Waals surface area contributed by atoms with Gasteiger partial charge in [0.25, 0.3) is 0 Å². The molecule has 1 rings (SSSR count). The molecule has 0 aliphatic heterocycles. The van der Waals surface area contributed by atoms with E-state index in [0.29, 0.717) is 0 Å². The molecule has 1 aromatic rings. The minimum absolute atomic E-state index is 0.159. The fourth-order valence-corrected chi connectivity index (χ4v) is 0.757. The first-order chi connectivity index (χ1) is 5.72. The van der Waals surface area contributed by atoms with Crippen molar-refractivity contribution in [2.24, 2.45) is 5.73 Å². The van der Waals surface area contributed by atoms with Crippen molar-refractivity contribution >= 4 is 20.2 Å². The van der Waals surface area contributed by atoms with E-state index in [0.717, 1.165) is 13.1 Å². The van der Waals surface area contributed by atoms with Crippen LogP contribution in [0.5, 0.6) is 0 Å². The van der Waals surface area contributed by atoms with E-state index in [1.54, 1.807) is 0 Å². The van der Waals surface area contributed by atoms with Crippen LogP contribution in [0.2, 0.25) is 0 Å². The van der Waals surface area contributed by atoms with Gasteiger partial charge in [0.2, 0.25) is 0 Å². The van der Waals surface area contributed by atoms with Crippen LogP contribution in [0.1, 0.15) is 18.5 Å². The summed E-state index contributed by atoms with van der Waals surface area (Å²) in [4.78, 5) is 0. The third-order valence-corrected chi connectivity index (χ3v) is 1.33. The van der Waals surface area contributed by atoms with Gasteiger partial charge >= 0.3 is 33.3 Å². The first-order valence-electron chi connectivity index (χ1n) is 3.34. The second kappa shape index (κ2) is 7.90. The predicted molar refractivity (Wildman–Crippen MR) is 50.8 cm³/mol. The average molecular weight is 256 g/mol. The SMILES string of the molecule is CC(N)c1ccccc1.[Cl][Cu][Cl]. The Hall–Kier alpha value is 0.279. The number of hydrogen-bond acceptors (Lipinski definition) is 1. The molecule has 0 heterocycles. The van der Waals surface area contributed by atoms with Crippen LogP contribution < -0.4 is 5.73 Å². The van der Waals surface area contributed by atoms with Crippen LogP contribution in [0.4, 0.5) is 0 Å². The van der Waals surface area contributed by atoms with Crippen LogP contribution in [0.3, 0.4) is 0 Å².